The SMILES string of the molecule is Cc1ccc(-c2csc(N(C)Cc3ccc(C(=O)N(C)CC(=O)O)cc3)n2)cc1. The number of carboxylic acid groups (broad SMARTS) is 1. The van der Waals surface area contributed by atoms with Gasteiger partial charge in [0.25, 0.3) is 5.91 Å². The highest BCUT2D eigenvalue weighted by Crippen LogP contribution is 2.27. The zero-order valence-corrected chi connectivity index (χ0v) is 17.4. The van der Waals surface area contributed by atoms with Crippen molar-refractivity contribution < 1.29 is 14.7 Å². The van der Waals surface area contributed by atoms with Crippen LogP contribution >= 0.6 is 11.3 Å². The van der Waals surface area contributed by atoms with E-state index in [-0.39, 0.29) is 12.5 Å². The van der Waals surface area contributed by atoms with E-state index < -0.39 is 5.97 Å². The highest BCUT2D eigenvalue weighted by atomic mass is 32.1. The van der Waals surface area contributed by atoms with Crippen LogP contribution < -0.4 is 4.90 Å². The molecule has 0 atom stereocenters. The number of rotatable bonds is 7. The van der Waals surface area contributed by atoms with E-state index in [1.54, 1.807) is 23.5 Å². The Morgan fingerprint density at radius 3 is 2.31 bits per heavy atom. The molecule has 3 aromatic rings. The first-order valence-corrected chi connectivity index (χ1v) is 10.0. The molecular weight excluding hydrogens is 386 g/mol. The second-order valence-electron chi connectivity index (χ2n) is 6.99. The van der Waals surface area contributed by atoms with Gasteiger partial charge in [-0.05, 0) is 24.6 Å². The predicted octanol–water partition coefficient (Wildman–Crippen LogP) is 3.91. The standard InChI is InChI=1S/C22H23N3O3S/c1-15-4-8-17(9-5-15)19-14-29-22(23-19)25(3)12-16-6-10-18(11-7-16)21(28)24(2)13-20(26)27/h4-11,14H,12-13H2,1-3H3,(H,26,27). The maximum Gasteiger partial charge on any atom is 0.323 e. The van der Waals surface area contributed by atoms with Crippen molar-refractivity contribution >= 4 is 28.3 Å². The van der Waals surface area contributed by atoms with Gasteiger partial charge in [0.15, 0.2) is 5.13 Å². The molecule has 150 valence electrons. The Morgan fingerprint density at radius 2 is 1.69 bits per heavy atom. The minimum atomic E-state index is -1.03. The molecular formula is C22H23N3O3S. The second kappa shape index (κ2) is 8.87. The summed E-state index contributed by atoms with van der Waals surface area (Å²) in [6.07, 6.45) is 0. The molecule has 1 aromatic heterocycles. The van der Waals surface area contributed by atoms with Crippen LogP contribution in [0.15, 0.2) is 53.9 Å². The third kappa shape index (κ3) is 5.20. The number of benzene rings is 2. The summed E-state index contributed by atoms with van der Waals surface area (Å²) >= 11 is 1.59. The van der Waals surface area contributed by atoms with Crippen molar-refractivity contribution in [2.24, 2.45) is 0 Å². The molecule has 0 radical (unpaired) electrons. The fourth-order valence-electron chi connectivity index (χ4n) is 2.89. The number of amides is 1. The lowest BCUT2D eigenvalue weighted by atomic mass is 10.1. The highest BCUT2D eigenvalue weighted by molar-refractivity contribution is 7.14. The van der Waals surface area contributed by atoms with Gasteiger partial charge in [-0.15, -0.1) is 11.3 Å². The molecule has 0 aliphatic heterocycles. The molecule has 0 saturated heterocycles. The number of hydrogen-bond acceptors (Lipinski definition) is 5. The Morgan fingerprint density at radius 1 is 1.03 bits per heavy atom. The van der Waals surface area contributed by atoms with Crippen molar-refractivity contribution in [3.63, 3.8) is 0 Å². The average Bonchev–Trinajstić information content (AvgIpc) is 3.18. The quantitative estimate of drug-likeness (QED) is 0.640. The van der Waals surface area contributed by atoms with Crippen LogP contribution in [0.4, 0.5) is 5.13 Å². The van der Waals surface area contributed by atoms with Gasteiger partial charge in [-0.25, -0.2) is 4.98 Å². The Labute approximate surface area is 174 Å². The molecule has 0 aliphatic rings. The number of thiazole rings is 1. The van der Waals surface area contributed by atoms with Crippen LogP contribution in [0.1, 0.15) is 21.5 Å². The van der Waals surface area contributed by atoms with E-state index in [2.05, 4.69) is 41.5 Å². The molecule has 1 heterocycles. The number of carbonyl (C=O) groups is 2. The van der Waals surface area contributed by atoms with E-state index in [1.807, 2.05) is 19.2 Å². The second-order valence-corrected chi connectivity index (χ2v) is 7.83. The molecule has 29 heavy (non-hydrogen) atoms. The maximum absolute atomic E-state index is 12.2. The van der Waals surface area contributed by atoms with Crippen LogP contribution in [-0.2, 0) is 11.3 Å². The number of carbonyl (C=O) groups excluding carboxylic acids is 1. The van der Waals surface area contributed by atoms with E-state index >= 15 is 0 Å². The predicted molar refractivity (Wildman–Crippen MR) is 115 cm³/mol. The molecule has 0 fully saturated rings. The largest absolute Gasteiger partial charge is 0.480 e. The van der Waals surface area contributed by atoms with Crippen molar-refractivity contribution in [3.05, 3.63) is 70.6 Å². The van der Waals surface area contributed by atoms with Crippen molar-refractivity contribution in [2.45, 2.75) is 13.5 Å². The minimum absolute atomic E-state index is 0.310. The summed E-state index contributed by atoms with van der Waals surface area (Å²) in [5, 5.41) is 11.8. The van der Waals surface area contributed by atoms with Gasteiger partial charge in [-0.2, -0.15) is 0 Å². The van der Waals surface area contributed by atoms with Crippen molar-refractivity contribution in [1.29, 1.82) is 0 Å². The van der Waals surface area contributed by atoms with Gasteiger partial charge in [0.2, 0.25) is 0 Å². The van der Waals surface area contributed by atoms with Gasteiger partial charge in [-0.1, -0.05) is 42.0 Å². The van der Waals surface area contributed by atoms with E-state index in [0.717, 1.165) is 22.0 Å². The molecule has 3 rings (SSSR count). The Balaban J connectivity index is 1.65. The third-order valence-corrected chi connectivity index (χ3v) is 5.46. The summed E-state index contributed by atoms with van der Waals surface area (Å²) in [5.74, 6) is -1.34. The molecule has 0 saturated carbocycles. The van der Waals surface area contributed by atoms with Gasteiger partial charge < -0.3 is 14.9 Å². The first kappa shape index (κ1) is 20.5. The van der Waals surface area contributed by atoms with Gasteiger partial charge in [0.05, 0.1) is 5.69 Å². The van der Waals surface area contributed by atoms with Crippen molar-refractivity contribution in [1.82, 2.24) is 9.88 Å². The van der Waals surface area contributed by atoms with Crippen LogP contribution in [-0.4, -0.2) is 47.5 Å². The zero-order valence-electron chi connectivity index (χ0n) is 16.6. The topological polar surface area (TPSA) is 73.7 Å². The summed E-state index contributed by atoms with van der Waals surface area (Å²) in [6, 6.07) is 15.5. The molecule has 1 N–H and O–H groups in total. The monoisotopic (exact) mass is 409 g/mol. The first-order chi connectivity index (χ1) is 13.8. The Bertz CT molecular complexity index is 997. The fourth-order valence-corrected chi connectivity index (χ4v) is 3.69. The molecule has 0 bridgehead atoms. The van der Waals surface area contributed by atoms with Crippen molar-refractivity contribution in [3.8, 4) is 11.3 Å². The summed E-state index contributed by atoms with van der Waals surface area (Å²) in [4.78, 5) is 31.0. The Hall–Kier alpha value is -3.19. The van der Waals surface area contributed by atoms with Crippen LogP contribution in [0.5, 0.6) is 0 Å². The Kier molecular flexibility index (Phi) is 6.29. The number of aliphatic carboxylic acids is 1. The number of carboxylic acids is 1. The smallest absolute Gasteiger partial charge is 0.323 e. The van der Waals surface area contributed by atoms with E-state index in [9.17, 15) is 9.59 Å². The van der Waals surface area contributed by atoms with Gasteiger partial charge in [0.1, 0.15) is 6.54 Å². The highest BCUT2D eigenvalue weighted by Gasteiger charge is 2.15. The number of hydrogen-bond donors (Lipinski definition) is 1. The summed E-state index contributed by atoms with van der Waals surface area (Å²) < 4.78 is 0. The summed E-state index contributed by atoms with van der Waals surface area (Å²) in [7, 11) is 3.46. The normalized spacial score (nSPS) is 10.6. The lowest BCUT2D eigenvalue weighted by molar-refractivity contribution is -0.137. The van der Waals surface area contributed by atoms with Gasteiger partial charge in [0, 0.05) is 37.1 Å². The fraction of sp³-hybridized carbons (Fsp3) is 0.227. The zero-order chi connectivity index (χ0) is 21.0. The molecule has 0 spiro atoms. The van der Waals surface area contributed by atoms with Crippen LogP contribution in [0, 0.1) is 6.92 Å². The van der Waals surface area contributed by atoms with Gasteiger partial charge >= 0.3 is 5.97 Å². The number of nitrogens with zero attached hydrogens (tertiary/aromatic N) is 3. The number of likely N-dealkylation sites (N-methyl/N-ethyl adjacent to an activating group) is 1. The third-order valence-electron chi connectivity index (χ3n) is 4.51. The lowest BCUT2D eigenvalue weighted by Gasteiger charge is -2.17. The number of aryl methyl sites for hydroxylation is 1. The van der Waals surface area contributed by atoms with Crippen LogP contribution in [0.3, 0.4) is 0 Å². The molecule has 2 aromatic carbocycles. The average molecular weight is 410 g/mol. The van der Waals surface area contributed by atoms with Gasteiger partial charge in [-0.3, -0.25) is 9.59 Å². The maximum atomic E-state index is 12.2. The summed E-state index contributed by atoms with van der Waals surface area (Å²) in [6.45, 7) is 2.39. The molecule has 6 nitrogen and oxygen atoms in total. The molecule has 0 aliphatic carbocycles. The lowest BCUT2D eigenvalue weighted by Crippen LogP contribution is -2.31. The van der Waals surface area contributed by atoms with Crippen LogP contribution in [0.2, 0.25) is 0 Å². The molecule has 0 unspecified atom stereocenters. The molecule has 1 amide bonds. The van der Waals surface area contributed by atoms with E-state index in [1.165, 1.54) is 17.5 Å². The minimum Gasteiger partial charge on any atom is -0.480 e. The summed E-state index contributed by atoms with van der Waals surface area (Å²) in [5.41, 5.74) is 4.78. The van der Waals surface area contributed by atoms with E-state index in [0.29, 0.717) is 12.1 Å². The van der Waals surface area contributed by atoms with E-state index in [4.69, 9.17) is 10.1 Å². The number of anilines is 1. The van der Waals surface area contributed by atoms with Crippen molar-refractivity contribution in [2.75, 3.05) is 25.5 Å². The number of aromatic nitrogens is 1. The van der Waals surface area contributed by atoms with Crippen LogP contribution in [0.25, 0.3) is 11.3 Å². The first-order valence-electron chi connectivity index (χ1n) is 9.13. The molecule has 7 heteroatoms.